The van der Waals surface area contributed by atoms with Crippen LogP contribution in [0.1, 0.15) is 65.2 Å². The summed E-state index contributed by atoms with van der Waals surface area (Å²) >= 11 is 0. The Bertz CT molecular complexity index is 410. The third kappa shape index (κ3) is 1.97. The topological polar surface area (TPSA) is 32.3 Å². The quantitative estimate of drug-likeness (QED) is 0.715. The van der Waals surface area contributed by atoms with E-state index in [9.17, 15) is 5.11 Å². The molecule has 7 unspecified atom stereocenters. The summed E-state index contributed by atoms with van der Waals surface area (Å²) in [6.45, 7) is 7.47. The van der Waals surface area contributed by atoms with Gasteiger partial charge in [-0.3, -0.25) is 0 Å². The maximum atomic E-state index is 10.5. The maximum Gasteiger partial charge on any atom is 0.0596 e. The van der Waals surface area contributed by atoms with Crippen LogP contribution in [0, 0.1) is 34.5 Å². The molecule has 0 aromatic carbocycles. The minimum atomic E-state index is -0.0234. The molecule has 2 N–H and O–H groups in total. The summed E-state index contributed by atoms with van der Waals surface area (Å²) in [7, 11) is 0. The van der Waals surface area contributed by atoms with Crippen LogP contribution in [0.15, 0.2) is 0 Å². The van der Waals surface area contributed by atoms with Gasteiger partial charge < -0.3 is 10.4 Å². The lowest BCUT2D eigenvalue weighted by Gasteiger charge is -2.58. The smallest absolute Gasteiger partial charge is 0.0596 e. The average Bonchev–Trinajstić information content (AvgIpc) is 2.65. The minimum absolute atomic E-state index is 0.0234. The number of rotatable bonds is 0. The van der Waals surface area contributed by atoms with Crippen molar-refractivity contribution < 1.29 is 5.11 Å². The van der Waals surface area contributed by atoms with E-state index < -0.39 is 0 Å². The van der Waals surface area contributed by atoms with E-state index in [1.807, 2.05) is 0 Å². The fourth-order valence-corrected chi connectivity index (χ4v) is 7.13. The Balaban J connectivity index is 1.64. The lowest BCUT2D eigenvalue weighted by Crippen LogP contribution is -2.52. The zero-order chi connectivity index (χ0) is 14.7. The number of fused-ring (bicyclic) bond motifs is 5. The minimum Gasteiger partial charge on any atom is -0.393 e. The van der Waals surface area contributed by atoms with Gasteiger partial charge >= 0.3 is 0 Å². The molecule has 0 spiro atoms. The summed E-state index contributed by atoms with van der Waals surface area (Å²) < 4.78 is 0. The molecule has 21 heavy (non-hydrogen) atoms. The standard InChI is InChI=1S/C19H33NO/c1-18-10-12-20-11-8-13(18)3-4-14-15-5-6-17(21)19(15,2)9-7-16(14)18/h13-17,20-21H,3-12H2,1-2H3. The Labute approximate surface area is 130 Å². The number of aliphatic hydroxyl groups excluding tert-OH is 1. The van der Waals surface area contributed by atoms with Crippen LogP contribution in [0.2, 0.25) is 0 Å². The van der Waals surface area contributed by atoms with Crippen molar-refractivity contribution in [3.8, 4) is 0 Å². The highest BCUT2D eigenvalue weighted by Crippen LogP contribution is 2.65. The van der Waals surface area contributed by atoms with E-state index in [2.05, 4.69) is 19.2 Å². The lowest BCUT2D eigenvalue weighted by molar-refractivity contribution is -0.109. The van der Waals surface area contributed by atoms with Gasteiger partial charge in [-0.1, -0.05) is 13.8 Å². The number of nitrogens with one attached hydrogen (secondary N) is 1. The fraction of sp³-hybridized carbons (Fsp3) is 1.00. The van der Waals surface area contributed by atoms with Gasteiger partial charge in [0.2, 0.25) is 0 Å². The molecule has 1 aliphatic heterocycles. The molecule has 2 heteroatoms. The van der Waals surface area contributed by atoms with E-state index >= 15 is 0 Å². The van der Waals surface area contributed by atoms with Crippen molar-refractivity contribution in [3.63, 3.8) is 0 Å². The molecule has 3 saturated carbocycles. The van der Waals surface area contributed by atoms with Gasteiger partial charge in [-0.15, -0.1) is 0 Å². The van der Waals surface area contributed by atoms with Crippen molar-refractivity contribution in [1.82, 2.24) is 5.32 Å². The summed E-state index contributed by atoms with van der Waals surface area (Å²) in [5.41, 5.74) is 0.814. The van der Waals surface area contributed by atoms with Gasteiger partial charge in [0.1, 0.15) is 0 Å². The SMILES string of the molecule is CC12CCC3C(CCC4CCNCCC43C)C1CCC2O. The second kappa shape index (κ2) is 4.96. The number of hydrogen-bond donors (Lipinski definition) is 2. The van der Waals surface area contributed by atoms with Crippen molar-refractivity contribution >= 4 is 0 Å². The molecule has 7 atom stereocenters. The molecule has 2 nitrogen and oxygen atoms in total. The second-order valence-corrected chi connectivity index (χ2v) is 9.08. The first-order valence-corrected chi connectivity index (χ1v) is 9.44. The monoisotopic (exact) mass is 291 g/mol. The fourth-order valence-electron chi connectivity index (χ4n) is 7.13. The molecular weight excluding hydrogens is 258 g/mol. The summed E-state index contributed by atoms with van der Waals surface area (Å²) in [6.07, 6.45) is 10.6. The Kier molecular flexibility index (Phi) is 3.43. The average molecular weight is 291 g/mol. The first-order valence-electron chi connectivity index (χ1n) is 9.44. The molecule has 1 saturated heterocycles. The van der Waals surface area contributed by atoms with Crippen LogP contribution < -0.4 is 5.32 Å². The largest absolute Gasteiger partial charge is 0.393 e. The van der Waals surface area contributed by atoms with Crippen molar-refractivity contribution in [3.05, 3.63) is 0 Å². The molecule has 0 radical (unpaired) electrons. The van der Waals surface area contributed by atoms with Crippen molar-refractivity contribution in [1.29, 1.82) is 0 Å². The van der Waals surface area contributed by atoms with Crippen LogP contribution >= 0.6 is 0 Å². The summed E-state index contributed by atoms with van der Waals surface area (Å²) in [6, 6.07) is 0. The summed E-state index contributed by atoms with van der Waals surface area (Å²) in [4.78, 5) is 0. The van der Waals surface area contributed by atoms with Gasteiger partial charge in [-0.05, 0) is 99.0 Å². The van der Waals surface area contributed by atoms with Crippen LogP contribution in [0.5, 0.6) is 0 Å². The molecule has 0 aromatic heterocycles. The highest BCUT2D eigenvalue weighted by molar-refractivity contribution is 5.08. The van der Waals surface area contributed by atoms with Gasteiger partial charge in [-0.2, -0.15) is 0 Å². The van der Waals surface area contributed by atoms with Crippen molar-refractivity contribution in [2.45, 2.75) is 71.3 Å². The first kappa shape index (κ1) is 14.5. The molecule has 0 amide bonds. The molecule has 4 aliphatic rings. The van der Waals surface area contributed by atoms with Gasteiger partial charge in [-0.25, -0.2) is 0 Å². The zero-order valence-corrected chi connectivity index (χ0v) is 13.9. The van der Waals surface area contributed by atoms with Gasteiger partial charge in [0.05, 0.1) is 6.10 Å². The predicted molar refractivity (Wildman–Crippen MR) is 86.0 cm³/mol. The van der Waals surface area contributed by atoms with E-state index in [1.54, 1.807) is 0 Å². The lowest BCUT2D eigenvalue weighted by atomic mass is 9.47. The Morgan fingerprint density at radius 1 is 0.810 bits per heavy atom. The van der Waals surface area contributed by atoms with Crippen LogP contribution in [0.4, 0.5) is 0 Å². The molecule has 0 aromatic rings. The Hall–Kier alpha value is -0.0800. The highest BCUT2D eigenvalue weighted by atomic mass is 16.3. The maximum absolute atomic E-state index is 10.5. The summed E-state index contributed by atoms with van der Waals surface area (Å²) in [5, 5.41) is 14.2. The van der Waals surface area contributed by atoms with E-state index in [-0.39, 0.29) is 11.5 Å². The first-order chi connectivity index (χ1) is 10.1. The number of aliphatic hydroxyl groups is 1. The third-order valence-corrected chi connectivity index (χ3v) is 8.53. The van der Waals surface area contributed by atoms with Crippen LogP contribution in [0.3, 0.4) is 0 Å². The Morgan fingerprint density at radius 3 is 2.48 bits per heavy atom. The molecule has 1 heterocycles. The van der Waals surface area contributed by atoms with E-state index in [0.29, 0.717) is 5.41 Å². The Morgan fingerprint density at radius 2 is 1.62 bits per heavy atom. The predicted octanol–water partition coefficient (Wildman–Crippen LogP) is 3.59. The highest BCUT2D eigenvalue weighted by Gasteiger charge is 2.59. The van der Waals surface area contributed by atoms with Gasteiger partial charge in [0.15, 0.2) is 0 Å². The van der Waals surface area contributed by atoms with Crippen LogP contribution in [0.25, 0.3) is 0 Å². The zero-order valence-electron chi connectivity index (χ0n) is 13.9. The van der Waals surface area contributed by atoms with Crippen molar-refractivity contribution in [2.75, 3.05) is 13.1 Å². The molecule has 4 fully saturated rings. The molecule has 4 rings (SSSR count). The van der Waals surface area contributed by atoms with Gasteiger partial charge in [0, 0.05) is 0 Å². The van der Waals surface area contributed by atoms with E-state index in [1.165, 1.54) is 58.0 Å². The molecule has 120 valence electrons. The van der Waals surface area contributed by atoms with Gasteiger partial charge in [0.25, 0.3) is 0 Å². The molecule has 0 bridgehead atoms. The second-order valence-electron chi connectivity index (χ2n) is 9.08. The van der Waals surface area contributed by atoms with E-state index in [0.717, 1.165) is 30.1 Å². The van der Waals surface area contributed by atoms with Crippen LogP contribution in [-0.2, 0) is 0 Å². The van der Waals surface area contributed by atoms with Crippen LogP contribution in [-0.4, -0.2) is 24.3 Å². The van der Waals surface area contributed by atoms with E-state index in [4.69, 9.17) is 0 Å². The van der Waals surface area contributed by atoms with Crippen molar-refractivity contribution in [2.24, 2.45) is 34.5 Å². The summed E-state index contributed by atoms with van der Waals surface area (Å²) in [5.74, 6) is 3.59. The third-order valence-electron chi connectivity index (χ3n) is 8.53. The molecule has 3 aliphatic carbocycles. The number of hydrogen-bond acceptors (Lipinski definition) is 2. The molecular formula is C19H33NO. The normalized spacial score (nSPS) is 57.0.